The summed E-state index contributed by atoms with van der Waals surface area (Å²) in [6.45, 7) is 0.743. The maximum atomic E-state index is 13.5. The van der Waals surface area contributed by atoms with Crippen molar-refractivity contribution in [1.82, 2.24) is 4.90 Å². The van der Waals surface area contributed by atoms with Gasteiger partial charge in [0, 0.05) is 13.1 Å². The number of ether oxygens (including phenoxy) is 1. The molecule has 1 aliphatic rings. The third-order valence-corrected chi connectivity index (χ3v) is 4.50. The Balaban J connectivity index is 1.68. The minimum Gasteiger partial charge on any atom is -0.478 e. The highest BCUT2D eigenvalue weighted by atomic mass is 19.4. The highest BCUT2D eigenvalue weighted by Crippen LogP contribution is 2.42. The molecule has 0 bridgehead atoms. The first-order chi connectivity index (χ1) is 11.5. The first kappa shape index (κ1) is 16.8. The molecule has 128 valence electrons. The van der Waals surface area contributed by atoms with Crippen molar-refractivity contribution in [2.75, 3.05) is 19.8 Å². The summed E-state index contributed by atoms with van der Waals surface area (Å²) in [6, 6.07) is 18.2. The van der Waals surface area contributed by atoms with Gasteiger partial charge in [0.25, 0.3) is 0 Å². The highest BCUT2D eigenvalue weighted by molar-refractivity contribution is 5.22. The fraction of sp³-hybridized carbons (Fsp3) is 0.368. The lowest BCUT2D eigenvalue weighted by atomic mass is 9.80. The van der Waals surface area contributed by atoms with Crippen LogP contribution in [0.25, 0.3) is 0 Å². The standard InChI is InChI=1S/C19H20F3NO/c20-19(21,22)18-13-23(14-24-16-9-5-2-6-10-16)12-11-17(18)15-7-3-1-4-8-15/h1-10,17-18H,11-14H2. The van der Waals surface area contributed by atoms with Gasteiger partial charge in [-0.1, -0.05) is 48.5 Å². The summed E-state index contributed by atoms with van der Waals surface area (Å²) in [5.74, 6) is -1.18. The molecule has 1 aliphatic heterocycles. The van der Waals surface area contributed by atoms with E-state index in [1.165, 1.54) is 0 Å². The van der Waals surface area contributed by atoms with E-state index in [-0.39, 0.29) is 13.3 Å². The lowest BCUT2D eigenvalue weighted by Gasteiger charge is -2.39. The molecule has 0 N–H and O–H groups in total. The van der Waals surface area contributed by atoms with Crippen LogP contribution in [0.4, 0.5) is 13.2 Å². The van der Waals surface area contributed by atoms with E-state index in [9.17, 15) is 13.2 Å². The Hall–Kier alpha value is -2.01. The number of hydrogen-bond donors (Lipinski definition) is 0. The number of rotatable bonds is 4. The van der Waals surface area contributed by atoms with Crippen LogP contribution in [0.2, 0.25) is 0 Å². The van der Waals surface area contributed by atoms with Crippen molar-refractivity contribution in [3.8, 4) is 5.75 Å². The Kier molecular flexibility index (Phi) is 5.09. The topological polar surface area (TPSA) is 12.5 Å². The van der Waals surface area contributed by atoms with Gasteiger partial charge in [-0.05, 0) is 30.0 Å². The quantitative estimate of drug-likeness (QED) is 0.804. The van der Waals surface area contributed by atoms with E-state index in [2.05, 4.69) is 0 Å². The smallest absolute Gasteiger partial charge is 0.393 e. The predicted octanol–water partition coefficient (Wildman–Crippen LogP) is 4.69. The maximum Gasteiger partial charge on any atom is 0.393 e. The van der Waals surface area contributed by atoms with Crippen molar-refractivity contribution in [3.05, 3.63) is 66.2 Å². The van der Waals surface area contributed by atoms with Crippen LogP contribution in [0.3, 0.4) is 0 Å². The van der Waals surface area contributed by atoms with Crippen molar-refractivity contribution in [3.63, 3.8) is 0 Å². The van der Waals surface area contributed by atoms with Crippen LogP contribution in [0, 0.1) is 5.92 Å². The van der Waals surface area contributed by atoms with E-state index in [0.29, 0.717) is 18.7 Å². The third-order valence-electron chi connectivity index (χ3n) is 4.50. The second-order valence-electron chi connectivity index (χ2n) is 6.12. The first-order valence-electron chi connectivity index (χ1n) is 8.06. The Morgan fingerprint density at radius 2 is 1.58 bits per heavy atom. The summed E-state index contributed by atoms with van der Waals surface area (Å²) in [6.07, 6.45) is -3.74. The Labute approximate surface area is 139 Å². The largest absolute Gasteiger partial charge is 0.478 e. The molecule has 2 atom stereocenters. The Morgan fingerprint density at radius 1 is 0.958 bits per heavy atom. The molecule has 0 saturated carbocycles. The van der Waals surface area contributed by atoms with Gasteiger partial charge < -0.3 is 4.74 Å². The van der Waals surface area contributed by atoms with Crippen LogP contribution in [-0.2, 0) is 0 Å². The van der Waals surface area contributed by atoms with Crippen LogP contribution < -0.4 is 4.74 Å². The molecule has 1 heterocycles. The van der Waals surface area contributed by atoms with Crippen LogP contribution in [0.15, 0.2) is 60.7 Å². The van der Waals surface area contributed by atoms with E-state index >= 15 is 0 Å². The van der Waals surface area contributed by atoms with Gasteiger partial charge in [-0.25, -0.2) is 0 Å². The lowest BCUT2D eigenvalue weighted by molar-refractivity contribution is -0.194. The van der Waals surface area contributed by atoms with Gasteiger partial charge in [-0.3, -0.25) is 4.90 Å². The lowest BCUT2D eigenvalue weighted by Crippen LogP contribution is -2.46. The van der Waals surface area contributed by atoms with E-state index < -0.39 is 18.0 Å². The van der Waals surface area contributed by atoms with Crippen molar-refractivity contribution in [2.24, 2.45) is 5.92 Å². The fourth-order valence-electron chi connectivity index (χ4n) is 3.25. The number of hydrogen-bond acceptors (Lipinski definition) is 2. The molecule has 24 heavy (non-hydrogen) atoms. The number of piperidine rings is 1. The van der Waals surface area contributed by atoms with Crippen LogP contribution in [-0.4, -0.2) is 30.9 Å². The third kappa shape index (κ3) is 4.09. The average molecular weight is 335 g/mol. The van der Waals surface area contributed by atoms with Crippen molar-refractivity contribution in [2.45, 2.75) is 18.5 Å². The van der Waals surface area contributed by atoms with Gasteiger partial charge in [0.2, 0.25) is 0 Å². The van der Waals surface area contributed by atoms with E-state index in [0.717, 1.165) is 5.56 Å². The molecule has 2 aromatic carbocycles. The van der Waals surface area contributed by atoms with Crippen molar-refractivity contribution < 1.29 is 17.9 Å². The number of alkyl halides is 3. The molecule has 2 unspecified atom stereocenters. The fourth-order valence-corrected chi connectivity index (χ4v) is 3.25. The van der Waals surface area contributed by atoms with Gasteiger partial charge in [0.05, 0.1) is 5.92 Å². The summed E-state index contributed by atoms with van der Waals surface area (Å²) in [7, 11) is 0. The van der Waals surface area contributed by atoms with Gasteiger partial charge in [-0.2, -0.15) is 13.2 Å². The molecule has 1 fully saturated rings. The summed E-state index contributed by atoms with van der Waals surface area (Å²) in [5, 5.41) is 0. The number of likely N-dealkylation sites (tertiary alicyclic amines) is 1. The molecule has 0 aliphatic carbocycles. The molecule has 2 aromatic rings. The number of benzene rings is 2. The Morgan fingerprint density at radius 3 is 2.21 bits per heavy atom. The molecular weight excluding hydrogens is 315 g/mol. The maximum absolute atomic E-state index is 13.5. The molecule has 0 spiro atoms. The molecule has 2 nitrogen and oxygen atoms in total. The SMILES string of the molecule is FC(F)(F)C1CN(COc2ccccc2)CCC1c1ccccc1. The first-order valence-corrected chi connectivity index (χ1v) is 8.06. The van der Waals surface area contributed by atoms with Crippen molar-refractivity contribution >= 4 is 0 Å². The van der Waals surface area contributed by atoms with E-state index in [1.54, 1.807) is 41.3 Å². The molecule has 1 saturated heterocycles. The van der Waals surface area contributed by atoms with Gasteiger partial charge >= 0.3 is 6.18 Å². The summed E-state index contributed by atoms with van der Waals surface area (Å²) in [5.41, 5.74) is 0.767. The average Bonchev–Trinajstić information content (AvgIpc) is 2.61. The molecule has 0 amide bonds. The summed E-state index contributed by atoms with van der Waals surface area (Å²) >= 11 is 0. The monoisotopic (exact) mass is 335 g/mol. The molecule has 3 rings (SSSR count). The molecule has 5 heteroatoms. The van der Waals surface area contributed by atoms with Crippen molar-refractivity contribution in [1.29, 1.82) is 0 Å². The second kappa shape index (κ2) is 7.26. The normalized spacial score (nSPS) is 22.3. The van der Waals surface area contributed by atoms with Crippen LogP contribution >= 0.6 is 0 Å². The van der Waals surface area contributed by atoms with Gasteiger partial charge in [0.1, 0.15) is 12.5 Å². The minimum absolute atomic E-state index is 0.0319. The van der Waals surface area contributed by atoms with Crippen LogP contribution in [0.1, 0.15) is 17.9 Å². The molecular formula is C19H20F3NO. The number of nitrogens with zero attached hydrogens (tertiary/aromatic N) is 1. The minimum atomic E-state index is -4.22. The van der Waals surface area contributed by atoms with Crippen LogP contribution in [0.5, 0.6) is 5.75 Å². The summed E-state index contributed by atoms with van der Waals surface area (Å²) in [4.78, 5) is 1.74. The predicted molar refractivity (Wildman–Crippen MR) is 86.9 cm³/mol. The molecule has 0 aromatic heterocycles. The zero-order valence-corrected chi connectivity index (χ0v) is 13.2. The van der Waals surface area contributed by atoms with E-state index in [4.69, 9.17) is 4.74 Å². The zero-order valence-electron chi connectivity index (χ0n) is 13.2. The van der Waals surface area contributed by atoms with Gasteiger partial charge in [0.15, 0.2) is 0 Å². The molecule has 0 radical (unpaired) electrons. The zero-order chi connectivity index (χ0) is 17.0. The summed E-state index contributed by atoms with van der Waals surface area (Å²) < 4.78 is 46.2. The van der Waals surface area contributed by atoms with Gasteiger partial charge in [-0.15, -0.1) is 0 Å². The second-order valence-corrected chi connectivity index (χ2v) is 6.12. The van der Waals surface area contributed by atoms with E-state index in [1.807, 2.05) is 24.3 Å². The Bertz CT molecular complexity index is 630. The highest BCUT2D eigenvalue weighted by Gasteiger charge is 2.47. The number of halogens is 3. The number of para-hydroxylation sites is 1.